The third-order valence-corrected chi connectivity index (χ3v) is 2.06. The summed E-state index contributed by atoms with van der Waals surface area (Å²) in [5, 5.41) is 0. The van der Waals surface area contributed by atoms with Gasteiger partial charge in [-0.25, -0.2) is 4.98 Å². The lowest BCUT2D eigenvalue weighted by Gasteiger charge is -2.25. The standard InChI is InChI=1S/C11H17N3O/c1-11(2,3)10(15)14(4)9-6-5-8(12)7-13-9/h5-7H,12H2,1-4H3. The highest BCUT2D eigenvalue weighted by molar-refractivity contribution is 5.95. The summed E-state index contributed by atoms with van der Waals surface area (Å²) in [5.74, 6) is 0.642. The van der Waals surface area contributed by atoms with Crippen LogP contribution in [0.1, 0.15) is 20.8 Å². The topological polar surface area (TPSA) is 59.2 Å². The van der Waals surface area contributed by atoms with Crippen molar-refractivity contribution >= 4 is 17.4 Å². The summed E-state index contributed by atoms with van der Waals surface area (Å²) >= 11 is 0. The summed E-state index contributed by atoms with van der Waals surface area (Å²) in [7, 11) is 1.71. The maximum atomic E-state index is 11.9. The zero-order valence-electron chi connectivity index (χ0n) is 9.61. The van der Waals surface area contributed by atoms with Crippen LogP contribution in [-0.2, 0) is 4.79 Å². The van der Waals surface area contributed by atoms with Crippen molar-refractivity contribution < 1.29 is 4.79 Å². The molecule has 0 aliphatic rings. The second-order valence-electron chi connectivity index (χ2n) is 4.56. The fraction of sp³-hybridized carbons (Fsp3) is 0.455. The van der Waals surface area contributed by atoms with Crippen LogP contribution in [0.2, 0.25) is 0 Å². The van der Waals surface area contributed by atoms with Gasteiger partial charge in [0, 0.05) is 12.5 Å². The van der Waals surface area contributed by atoms with Gasteiger partial charge < -0.3 is 5.73 Å². The summed E-state index contributed by atoms with van der Waals surface area (Å²) in [6.45, 7) is 5.63. The molecule has 0 aliphatic heterocycles. The minimum absolute atomic E-state index is 0.0276. The Labute approximate surface area is 90.1 Å². The van der Waals surface area contributed by atoms with Gasteiger partial charge in [-0.2, -0.15) is 0 Å². The summed E-state index contributed by atoms with van der Waals surface area (Å²) in [5.41, 5.74) is 5.71. The molecule has 82 valence electrons. The van der Waals surface area contributed by atoms with Crippen molar-refractivity contribution in [2.24, 2.45) is 5.41 Å². The molecule has 2 N–H and O–H groups in total. The molecule has 0 spiro atoms. The fourth-order valence-corrected chi connectivity index (χ4v) is 1.20. The summed E-state index contributed by atoms with van der Waals surface area (Å²) in [4.78, 5) is 17.5. The summed E-state index contributed by atoms with van der Waals surface area (Å²) < 4.78 is 0. The minimum atomic E-state index is -0.405. The quantitative estimate of drug-likeness (QED) is 0.762. The van der Waals surface area contributed by atoms with Crippen molar-refractivity contribution in [3.05, 3.63) is 18.3 Å². The molecule has 1 rings (SSSR count). The van der Waals surface area contributed by atoms with Crippen LogP contribution in [-0.4, -0.2) is 17.9 Å². The molecule has 0 saturated heterocycles. The molecular weight excluding hydrogens is 190 g/mol. The second kappa shape index (κ2) is 3.88. The van der Waals surface area contributed by atoms with E-state index in [0.29, 0.717) is 11.5 Å². The van der Waals surface area contributed by atoms with Gasteiger partial charge in [0.1, 0.15) is 5.82 Å². The van der Waals surface area contributed by atoms with Crippen molar-refractivity contribution in [1.82, 2.24) is 4.98 Å². The Hall–Kier alpha value is -1.58. The van der Waals surface area contributed by atoms with E-state index in [-0.39, 0.29) is 5.91 Å². The van der Waals surface area contributed by atoms with Gasteiger partial charge in [-0.1, -0.05) is 20.8 Å². The molecule has 1 amide bonds. The summed E-state index contributed by atoms with van der Waals surface area (Å²) in [6, 6.07) is 3.47. The maximum Gasteiger partial charge on any atom is 0.233 e. The molecule has 15 heavy (non-hydrogen) atoms. The van der Waals surface area contributed by atoms with Gasteiger partial charge >= 0.3 is 0 Å². The van der Waals surface area contributed by atoms with E-state index in [1.54, 1.807) is 30.3 Å². The first-order chi connectivity index (χ1) is 6.82. The van der Waals surface area contributed by atoms with E-state index in [1.165, 1.54) is 0 Å². The Balaban J connectivity index is 2.90. The number of hydrogen-bond acceptors (Lipinski definition) is 3. The molecule has 1 aromatic rings. The van der Waals surface area contributed by atoms with Crippen molar-refractivity contribution in [3.63, 3.8) is 0 Å². The Kier molecular flexibility index (Phi) is 2.98. The average Bonchev–Trinajstić information content (AvgIpc) is 2.15. The molecule has 0 unspecified atom stereocenters. The Morgan fingerprint density at radius 2 is 2.00 bits per heavy atom. The third-order valence-electron chi connectivity index (χ3n) is 2.06. The number of nitrogens with zero attached hydrogens (tertiary/aromatic N) is 2. The molecule has 0 fully saturated rings. The third kappa shape index (κ3) is 2.68. The van der Waals surface area contributed by atoms with Gasteiger partial charge in [0.25, 0.3) is 0 Å². The number of anilines is 2. The van der Waals surface area contributed by atoms with Crippen LogP contribution >= 0.6 is 0 Å². The zero-order valence-corrected chi connectivity index (χ0v) is 9.61. The molecule has 0 atom stereocenters. The molecular formula is C11H17N3O. The van der Waals surface area contributed by atoms with Crippen LogP contribution in [0.4, 0.5) is 11.5 Å². The maximum absolute atomic E-state index is 11.9. The lowest BCUT2D eigenvalue weighted by molar-refractivity contribution is -0.125. The van der Waals surface area contributed by atoms with E-state index in [1.807, 2.05) is 20.8 Å². The van der Waals surface area contributed by atoms with Crippen molar-refractivity contribution in [3.8, 4) is 0 Å². The number of carbonyl (C=O) groups excluding carboxylic acids is 1. The van der Waals surface area contributed by atoms with Crippen LogP contribution in [0.15, 0.2) is 18.3 Å². The van der Waals surface area contributed by atoms with E-state index in [4.69, 9.17) is 5.73 Å². The van der Waals surface area contributed by atoms with Gasteiger partial charge in [0.2, 0.25) is 5.91 Å². The van der Waals surface area contributed by atoms with Gasteiger partial charge in [-0.15, -0.1) is 0 Å². The van der Waals surface area contributed by atoms with E-state index in [0.717, 1.165) is 0 Å². The number of hydrogen-bond donors (Lipinski definition) is 1. The lowest BCUT2D eigenvalue weighted by atomic mass is 9.95. The van der Waals surface area contributed by atoms with Crippen LogP contribution in [0.5, 0.6) is 0 Å². The number of aromatic nitrogens is 1. The highest BCUT2D eigenvalue weighted by atomic mass is 16.2. The predicted octanol–water partition coefficient (Wildman–Crippen LogP) is 1.67. The number of pyridine rings is 1. The average molecular weight is 207 g/mol. The Bertz CT molecular complexity index is 351. The van der Waals surface area contributed by atoms with Crippen molar-refractivity contribution in [2.75, 3.05) is 17.7 Å². The van der Waals surface area contributed by atoms with Gasteiger partial charge in [-0.05, 0) is 12.1 Å². The number of nitrogens with two attached hydrogens (primary N) is 1. The normalized spacial score (nSPS) is 11.2. The van der Waals surface area contributed by atoms with Gasteiger partial charge in [-0.3, -0.25) is 9.69 Å². The van der Waals surface area contributed by atoms with Gasteiger partial charge in [0.05, 0.1) is 11.9 Å². The predicted molar refractivity (Wildman–Crippen MR) is 61.5 cm³/mol. The van der Waals surface area contributed by atoms with Crippen LogP contribution in [0.3, 0.4) is 0 Å². The van der Waals surface area contributed by atoms with E-state index >= 15 is 0 Å². The molecule has 0 aromatic carbocycles. The molecule has 4 heteroatoms. The highest BCUT2D eigenvalue weighted by Crippen LogP contribution is 2.20. The Morgan fingerprint density at radius 1 is 1.40 bits per heavy atom. The largest absolute Gasteiger partial charge is 0.397 e. The number of carbonyl (C=O) groups is 1. The first-order valence-electron chi connectivity index (χ1n) is 4.82. The SMILES string of the molecule is CN(C(=O)C(C)(C)C)c1ccc(N)cn1. The molecule has 0 bridgehead atoms. The first-order valence-corrected chi connectivity index (χ1v) is 4.82. The molecule has 0 aliphatic carbocycles. The van der Waals surface area contributed by atoms with Crippen LogP contribution in [0, 0.1) is 5.41 Å². The van der Waals surface area contributed by atoms with Gasteiger partial charge in [0.15, 0.2) is 0 Å². The second-order valence-corrected chi connectivity index (χ2v) is 4.56. The van der Waals surface area contributed by atoms with E-state index in [2.05, 4.69) is 4.98 Å². The summed E-state index contributed by atoms with van der Waals surface area (Å²) in [6.07, 6.45) is 1.54. The monoisotopic (exact) mass is 207 g/mol. The number of amides is 1. The first kappa shape index (κ1) is 11.5. The lowest BCUT2D eigenvalue weighted by Crippen LogP contribution is -2.37. The van der Waals surface area contributed by atoms with E-state index in [9.17, 15) is 4.79 Å². The zero-order chi connectivity index (χ0) is 11.6. The molecule has 4 nitrogen and oxygen atoms in total. The highest BCUT2D eigenvalue weighted by Gasteiger charge is 2.26. The Morgan fingerprint density at radius 3 is 2.40 bits per heavy atom. The smallest absolute Gasteiger partial charge is 0.233 e. The molecule has 0 radical (unpaired) electrons. The minimum Gasteiger partial charge on any atom is -0.397 e. The number of nitrogen functional groups attached to an aromatic ring is 1. The van der Waals surface area contributed by atoms with Crippen LogP contribution < -0.4 is 10.6 Å². The molecule has 1 heterocycles. The molecule has 1 aromatic heterocycles. The number of rotatable bonds is 1. The van der Waals surface area contributed by atoms with Crippen molar-refractivity contribution in [1.29, 1.82) is 0 Å². The fourth-order valence-electron chi connectivity index (χ4n) is 1.20. The van der Waals surface area contributed by atoms with Crippen molar-refractivity contribution in [2.45, 2.75) is 20.8 Å². The van der Waals surface area contributed by atoms with E-state index < -0.39 is 5.41 Å². The van der Waals surface area contributed by atoms with Crippen LogP contribution in [0.25, 0.3) is 0 Å². The molecule has 0 saturated carbocycles.